The molecular weight excluding hydrogens is 392 g/mol. The van der Waals surface area contributed by atoms with Crippen molar-refractivity contribution in [2.75, 3.05) is 38.7 Å². The quantitative estimate of drug-likeness (QED) is 0.548. The van der Waals surface area contributed by atoms with Crippen LogP contribution in [0.15, 0.2) is 48.5 Å². The zero-order valence-electron chi connectivity index (χ0n) is 17.6. The lowest BCUT2D eigenvalue weighted by Gasteiger charge is -2.23. The van der Waals surface area contributed by atoms with Gasteiger partial charge in [0.15, 0.2) is 11.5 Å². The van der Waals surface area contributed by atoms with Gasteiger partial charge < -0.3 is 24.6 Å². The van der Waals surface area contributed by atoms with Gasteiger partial charge in [-0.25, -0.2) is 4.79 Å². The van der Waals surface area contributed by atoms with Gasteiger partial charge in [-0.1, -0.05) is 24.3 Å². The number of para-hydroxylation sites is 1. The summed E-state index contributed by atoms with van der Waals surface area (Å²) in [6.07, 6.45) is 0.815. The molecule has 0 spiro atoms. The van der Waals surface area contributed by atoms with Crippen LogP contribution in [0.25, 0.3) is 0 Å². The van der Waals surface area contributed by atoms with E-state index >= 15 is 0 Å². The number of rotatable bonds is 11. The zero-order valence-corrected chi connectivity index (χ0v) is 17.6. The topological polar surface area (TPSA) is 54.0 Å². The average Bonchev–Trinajstić information content (AvgIpc) is 2.74. The Morgan fingerprint density at radius 3 is 2.50 bits per heavy atom. The van der Waals surface area contributed by atoms with Gasteiger partial charge in [0.2, 0.25) is 0 Å². The minimum absolute atomic E-state index is 0.0396. The number of methoxy groups -OCH3 is 1. The molecule has 0 atom stereocenters. The lowest BCUT2D eigenvalue weighted by atomic mass is 10.2. The number of anilines is 1. The lowest BCUT2D eigenvalue weighted by molar-refractivity contribution is -0.0512. The van der Waals surface area contributed by atoms with E-state index in [1.54, 1.807) is 19.2 Å². The second-order valence-corrected chi connectivity index (χ2v) is 6.72. The zero-order chi connectivity index (χ0) is 21.9. The summed E-state index contributed by atoms with van der Waals surface area (Å²) in [6, 6.07) is 14.6. The maximum atomic E-state index is 12.4. The van der Waals surface area contributed by atoms with E-state index in [9.17, 15) is 13.6 Å². The van der Waals surface area contributed by atoms with Crippen LogP contribution >= 0.6 is 0 Å². The molecule has 0 fully saturated rings. The van der Waals surface area contributed by atoms with Crippen LogP contribution in [0.5, 0.6) is 11.5 Å². The predicted molar refractivity (Wildman–Crippen MR) is 113 cm³/mol. The largest absolute Gasteiger partial charge is 0.493 e. The number of hydrogen-bond acceptors (Lipinski definition) is 4. The first-order valence-electron chi connectivity index (χ1n) is 9.85. The fraction of sp³-hybridized carbons (Fsp3) is 0.409. The highest BCUT2D eigenvalue weighted by Crippen LogP contribution is 2.29. The molecule has 0 heterocycles. The van der Waals surface area contributed by atoms with Crippen molar-refractivity contribution in [3.05, 3.63) is 54.1 Å². The van der Waals surface area contributed by atoms with Crippen LogP contribution in [0.1, 0.15) is 18.9 Å². The van der Waals surface area contributed by atoms with Crippen LogP contribution in [0, 0.1) is 0 Å². The highest BCUT2D eigenvalue weighted by atomic mass is 19.3. The molecule has 0 unspecified atom stereocenters. The third-order valence-corrected chi connectivity index (χ3v) is 4.59. The van der Waals surface area contributed by atoms with Gasteiger partial charge in [-0.3, -0.25) is 0 Å². The number of nitrogens with one attached hydrogen (secondary N) is 1. The van der Waals surface area contributed by atoms with Gasteiger partial charge in [0.05, 0.1) is 7.11 Å². The van der Waals surface area contributed by atoms with E-state index in [1.165, 1.54) is 18.1 Å². The Labute approximate surface area is 176 Å². The lowest BCUT2D eigenvalue weighted by Crippen LogP contribution is -2.38. The number of carbonyl (C=O) groups is 1. The molecular formula is C22H29F2N3O3. The molecule has 2 aromatic rings. The summed E-state index contributed by atoms with van der Waals surface area (Å²) >= 11 is 0. The highest BCUT2D eigenvalue weighted by Gasteiger charge is 2.14. The molecule has 1 N–H and O–H groups in total. The van der Waals surface area contributed by atoms with E-state index in [-0.39, 0.29) is 17.5 Å². The molecule has 0 radical (unpaired) electrons. The van der Waals surface area contributed by atoms with Crippen LogP contribution in [0.3, 0.4) is 0 Å². The Hall–Kier alpha value is -3.03. The Balaban J connectivity index is 1.80. The number of ether oxygens (including phenoxy) is 2. The molecule has 0 saturated heterocycles. The number of halogens is 2. The van der Waals surface area contributed by atoms with Gasteiger partial charge in [-0.05, 0) is 43.2 Å². The monoisotopic (exact) mass is 421 g/mol. The number of urea groups is 1. The Morgan fingerprint density at radius 2 is 1.87 bits per heavy atom. The van der Waals surface area contributed by atoms with E-state index in [0.29, 0.717) is 13.1 Å². The van der Waals surface area contributed by atoms with E-state index < -0.39 is 6.61 Å². The molecule has 2 rings (SSSR count). The fourth-order valence-corrected chi connectivity index (χ4v) is 3.06. The molecule has 0 bridgehead atoms. The van der Waals surface area contributed by atoms with Gasteiger partial charge >= 0.3 is 12.6 Å². The molecule has 0 aliphatic rings. The van der Waals surface area contributed by atoms with Crippen LogP contribution in [-0.2, 0) is 6.54 Å². The van der Waals surface area contributed by atoms with Gasteiger partial charge in [0.25, 0.3) is 0 Å². The maximum absolute atomic E-state index is 12.4. The van der Waals surface area contributed by atoms with Crippen molar-refractivity contribution < 1.29 is 23.0 Å². The van der Waals surface area contributed by atoms with E-state index in [0.717, 1.165) is 30.8 Å². The average molecular weight is 421 g/mol. The summed E-state index contributed by atoms with van der Waals surface area (Å²) in [5.74, 6) is 0.157. The molecule has 30 heavy (non-hydrogen) atoms. The van der Waals surface area contributed by atoms with Crippen molar-refractivity contribution >= 4 is 11.7 Å². The molecule has 2 aromatic carbocycles. The molecule has 6 nitrogen and oxygen atoms in total. The van der Waals surface area contributed by atoms with Gasteiger partial charge in [-0.2, -0.15) is 8.78 Å². The van der Waals surface area contributed by atoms with Crippen LogP contribution in [0.4, 0.5) is 19.3 Å². The first kappa shape index (κ1) is 23.3. The first-order valence-corrected chi connectivity index (χ1v) is 9.85. The molecule has 2 amide bonds. The number of amides is 2. The van der Waals surface area contributed by atoms with Crippen LogP contribution in [-0.4, -0.2) is 51.3 Å². The molecule has 8 heteroatoms. The van der Waals surface area contributed by atoms with E-state index in [4.69, 9.17) is 4.74 Å². The summed E-state index contributed by atoms with van der Waals surface area (Å²) in [7, 11) is 3.05. The Morgan fingerprint density at radius 1 is 1.13 bits per heavy atom. The number of benzene rings is 2. The molecule has 0 aromatic heterocycles. The molecule has 164 valence electrons. The van der Waals surface area contributed by atoms with Crippen LogP contribution in [0.2, 0.25) is 0 Å². The number of carbonyl (C=O) groups excluding carboxylic acids is 1. The second-order valence-electron chi connectivity index (χ2n) is 6.72. The number of alkyl halides is 2. The summed E-state index contributed by atoms with van der Waals surface area (Å²) < 4.78 is 34.4. The molecule has 0 aliphatic heterocycles. The second kappa shape index (κ2) is 11.8. The maximum Gasteiger partial charge on any atom is 0.387 e. The van der Waals surface area contributed by atoms with Gasteiger partial charge in [0, 0.05) is 38.9 Å². The van der Waals surface area contributed by atoms with Crippen molar-refractivity contribution in [3.8, 4) is 11.5 Å². The highest BCUT2D eigenvalue weighted by molar-refractivity contribution is 5.73. The Kier molecular flexibility index (Phi) is 9.18. The standard InChI is InChI=1S/C22H29F2N3O3/c1-4-27(18-9-6-5-7-10-18)14-8-13-25-22(28)26(2)16-17-11-12-19(30-21(23)24)20(15-17)29-3/h5-7,9-12,15,21H,4,8,13-14,16H2,1-3H3,(H,25,28). The van der Waals surface area contributed by atoms with Crippen molar-refractivity contribution in [3.63, 3.8) is 0 Å². The normalized spacial score (nSPS) is 10.6. The third-order valence-electron chi connectivity index (χ3n) is 4.59. The number of hydrogen-bond donors (Lipinski definition) is 1. The van der Waals surface area contributed by atoms with Crippen molar-refractivity contribution in [1.29, 1.82) is 0 Å². The molecule has 0 aliphatic carbocycles. The number of nitrogens with zero attached hydrogens (tertiary/aromatic N) is 2. The summed E-state index contributed by atoms with van der Waals surface area (Å²) in [5.41, 5.74) is 1.91. The van der Waals surface area contributed by atoms with Gasteiger partial charge in [-0.15, -0.1) is 0 Å². The fourth-order valence-electron chi connectivity index (χ4n) is 3.06. The van der Waals surface area contributed by atoms with Gasteiger partial charge in [0.1, 0.15) is 0 Å². The predicted octanol–water partition coefficient (Wildman–Crippen LogP) is 4.35. The SMILES string of the molecule is CCN(CCCNC(=O)N(C)Cc1ccc(OC(F)F)c(OC)c1)c1ccccc1. The van der Waals surface area contributed by atoms with Crippen molar-refractivity contribution in [2.24, 2.45) is 0 Å². The van der Waals surface area contributed by atoms with Crippen molar-refractivity contribution in [1.82, 2.24) is 10.2 Å². The Bertz CT molecular complexity index is 790. The van der Waals surface area contributed by atoms with E-state index in [2.05, 4.69) is 34.0 Å². The third kappa shape index (κ3) is 7.09. The van der Waals surface area contributed by atoms with Crippen LogP contribution < -0.4 is 19.7 Å². The van der Waals surface area contributed by atoms with Crippen molar-refractivity contribution in [2.45, 2.75) is 26.5 Å². The van der Waals surface area contributed by atoms with E-state index in [1.807, 2.05) is 18.2 Å². The summed E-state index contributed by atoms with van der Waals surface area (Å²) in [4.78, 5) is 16.1. The minimum Gasteiger partial charge on any atom is -0.493 e. The molecule has 0 saturated carbocycles. The smallest absolute Gasteiger partial charge is 0.387 e. The summed E-state index contributed by atoms with van der Waals surface area (Å²) in [6.45, 7) is 1.77. The summed E-state index contributed by atoms with van der Waals surface area (Å²) in [5, 5.41) is 2.90. The first-order chi connectivity index (χ1) is 14.4. The minimum atomic E-state index is -2.93.